The van der Waals surface area contributed by atoms with Crippen LogP contribution in [0.3, 0.4) is 0 Å². The molecule has 0 bridgehead atoms. The summed E-state index contributed by atoms with van der Waals surface area (Å²) in [5, 5.41) is -0.693. The van der Waals surface area contributed by atoms with E-state index in [9.17, 15) is 14.2 Å². The Labute approximate surface area is 96.9 Å². The molecule has 0 saturated heterocycles. The SMILES string of the molecule is CC1=C(P(=O)(O)O)C(=O)c2ccccc2C1=O. The maximum Gasteiger partial charge on any atom is 0.360 e. The fraction of sp³-hybridized carbons (Fsp3) is 0.0909. The van der Waals surface area contributed by atoms with Gasteiger partial charge in [-0.3, -0.25) is 14.2 Å². The highest BCUT2D eigenvalue weighted by atomic mass is 31.2. The van der Waals surface area contributed by atoms with Gasteiger partial charge in [0.2, 0.25) is 5.78 Å². The van der Waals surface area contributed by atoms with Gasteiger partial charge in [0.05, 0.1) is 0 Å². The van der Waals surface area contributed by atoms with Crippen molar-refractivity contribution in [2.24, 2.45) is 0 Å². The zero-order chi connectivity index (χ0) is 12.8. The lowest BCUT2D eigenvalue weighted by Gasteiger charge is -2.19. The summed E-state index contributed by atoms with van der Waals surface area (Å²) in [6.45, 7) is 1.25. The van der Waals surface area contributed by atoms with Gasteiger partial charge in [-0.05, 0) is 6.92 Å². The largest absolute Gasteiger partial charge is 0.360 e. The first-order valence-electron chi connectivity index (χ1n) is 4.79. The molecule has 0 unspecified atom stereocenters. The number of hydrogen-bond donors (Lipinski definition) is 2. The van der Waals surface area contributed by atoms with E-state index < -0.39 is 24.5 Å². The van der Waals surface area contributed by atoms with E-state index in [2.05, 4.69) is 0 Å². The van der Waals surface area contributed by atoms with Crippen LogP contribution in [0, 0.1) is 0 Å². The fourth-order valence-electron chi connectivity index (χ4n) is 1.84. The Morgan fingerprint density at radius 3 is 1.94 bits per heavy atom. The molecule has 0 aliphatic heterocycles. The second-order valence-corrected chi connectivity index (χ2v) is 5.26. The van der Waals surface area contributed by atoms with Gasteiger partial charge >= 0.3 is 7.60 Å². The normalized spacial score (nSPS) is 16.2. The summed E-state index contributed by atoms with van der Waals surface area (Å²) in [5.74, 6) is -1.29. The van der Waals surface area contributed by atoms with E-state index in [0.717, 1.165) is 0 Å². The number of allylic oxidation sites excluding steroid dienone is 2. The Kier molecular flexibility index (Phi) is 2.62. The fourth-order valence-corrected chi connectivity index (χ4v) is 2.76. The van der Waals surface area contributed by atoms with Gasteiger partial charge in [-0.15, -0.1) is 0 Å². The molecule has 1 aliphatic rings. The predicted molar refractivity (Wildman–Crippen MR) is 59.8 cm³/mol. The van der Waals surface area contributed by atoms with Crippen molar-refractivity contribution in [1.82, 2.24) is 0 Å². The van der Waals surface area contributed by atoms with Crippen LogP contribution in [-0.2, 0) is 4.57 Å². The minimum atomic E-state index is -4.74. The van der Waals surface area contributed by atoms with Crippen molar-refractivity contribution in [3.8, 4) is 0 Å². The number of fused-ring (bicyclic) bond motifs is 1. The summed E-state index contributed by atoms with van der Waals surface area (Å²) >= 11 is 0. The predicted octanol–water partition coefficient (Wildman–Crippen LogP) is 1.52. The van der Waals surface area contributed by atoms with Crippen molar-refractivity contribution in [3.63, 3.8) is 0 Å². The van der Waals surface area contributed by atoms with Crippen LogP contribution in [-0.4, -0.2) is 21.4 Å². The number of ketones is 2. The van der Waals surface area contributed by atoms with Gasteiger partial charge in [-0.25, -0.2) is 0 Å². The first-order chi connectivity index (χ1) is 7.84. The Hall–Kier alpha value is -1.55. The van der Waals surface area contributed by atoms with Crippen LogP contribution >= 0.6 is 7.60 Å². The minimum absolute atomic E-state index is 0.0430. The second-order valence-electron chi connectivity index (χ2n) is 3.72. The summed E-state index contributed by atoms with van der Waals surface area (Å²) in [7, 11) is -4.74. The third-order valence-electron chi connectivity index (χ3n) is 2.62. The minimum Gasteiger partial charge on any atom is -0.321 e. The molecule has 6 heteroatoms. The van der Waals surface area contributed by atoms with Gasteiger partial charge in [-0.2, -0.15) is 0 Å². The van der Waals surface area contributed by atoms with Crippen molar-refractivity contribution >= 4 is 19.2 Å². The summed E-state index contributed by atoms with van der Waals surface area (Å²) in [6, 6.07) is 5.99. The van der Waals surface area contributed by atoms with E-state index in [1.54, 1.807) is 12.1 Å². The highest BCUT2D eigenvalue weighted by Crippen LogP contribution is 2.50. The van der Waals surface area contributed by atoms with Crippen LogP contribution in [0.2, 0.25) is 0 Å². The van der Waals surface area contributed by atoms with E-state index in [-0.39, 0.29) is 16.7 Å². The smallest absolute Gasteiger partial charge is 0.321 e. The molecule has 88 valence electrons. The molecule has 5 nitrogen and oxygen atoms in total. The summed E-state index contributed by atoms with van der Waals surface area (Å²) in [4.78, 5) is 42.0. The molecule has 0 spiro atoms. The number of rotatable bonds is 1. The van der Waals surface area contributed by atoms with E-state index in [4.69, 9.17) is 9.79 Å². The van der Waals surface area contributed by atoms with E-state index in [1.807, 2.05) is 0 Å². The highest BCUT2D eigenvalue weighted by Gasteiger charge is 2.38. The summed E-state index contributed by atoms with van der Waals surface area (Å²) in [5.41, 5.74) is 0.0515. The lowest BCUT2D eigenvalue weighted by atomic mass is 9.90. The van der Waals surface area contributed by atoms with Crippen LogP contribution in [0.4, 0.5) is 0 Å². The first kappa shape index (κ1) is 11.9. The maximum absolute atomic E-state index is 11.9. The number of carbonyl (C=O) groups is 2. The maximum atomic E-state index is 11.9. The number of carbonyl (C=O) groups excluding carboxylic acids is 2. The molecule has 2 N–H and O–H groups in total. The van der Waals surface area contributed by atoms with E-state index in [1.165, 1.54) is 19.1 Å². The third-order valence-corrected chi connectivity index (χ3v) is 3.74. The molecule has 0 atom stereocenters. The molecule has 0 saturated carbocycles. The monoisotopic (exact) mass is 252 g/mol. The van der Waals surface area contributed by atoms with Crippen LogP contribution in [0.25, 0.3) is 0 Å². The van der Waals surface area contributed by atoms with Gasteiger partial charge in [-0.1, -0.05) is 24.3 Å². The van der Waals surface area contributed by atoms with Crippen molar-refractivity contribution in [1.29, 1.82) is 0 Å². The Morgan fingerprint density at radius 1 is 1.00 bits per heavy atom. The molecule has 17 heavy (non-hydrogen) atoms. The Balaban J connectivity index is 2.76. The molecule has 0 fully saturated rings. The van der Waals surface area contributed by atoms with Crippen molar-refractivity contribution in [3.05, 3.63) is 46.3 Å². The average Bonchev–Trinajstić information content (AvgIpc) is 2.24. The van der Waals surface area contributed by atoms with Crippen LogP contribution in [0.5, 0.6) is 0 Å². The highest BCUT2D eigenvalue weighted by molar-refractivity contribution is 7.58. The Morgan fingerprint density at radius 2 is 1.47 bits per heavy atom. The molecular formula is C11H9O5P. The van der Waals surface area contributed by atoms with Crippen molar-refractivity contribution in [2.45, 2.75) is 6.92 Å². The number of Topliss-reactive ketones (excluding diaryl/α,β-unsaturated/α-hetero) is 2. The standard InChI is InChI=1S/C11H9O5P/c1-6-9(12)7-4-2-3-5-8(7)10(13)11(6)17(14,15)16/h2-5H,1H3,(H2,14,15,16). The molecule has 2 rings (SSSR count). The number of hydrogen-bond acceptors (Lipinski definition) is 3. The van der Waals surface area contributed by atoms with E-state index >= 15 is 0 Å². The molecule has 0 radical (unpaired) electrons. The molecule has 1 aliphatic carbocycles. The lowest BCUT2D eigenvalue weighted by Crippen LogP contribution is -2.20. The summed E-state index contributed by atoms with van der Waals surface area (Å²) in [6.07, 6.45) is 0. The molecule has 1 aromatic rings. The van der Waals surface area contributed by atoms with Gasteiger partial charge in [0, 0.05) is 16.7 Å². The summed E-state index contributed by atoms with van der Waals surface area (Å²) < 4.78 is 11.2. The lowest BCUT2D eigenvalue weighted by molar-refractivity contribution is 0.0977. The van der Waals surface area contributed by atoms with Crippen molar-refractivity contribution < 1.29 is 23.9 Å². The topological polar surface area (TPSA) is 91.7 Å². The van der Waals surface area contributed by atoms with Crippen LogP contribution < -0.4 is 0 Å². The second kappa shape index (κ2) is 3.74. The molecule has 0 aromatic heterocycles. The molecule has 0 amide bonds. The molecular weight excluding hydrogens is 243 g/mol. The van der Waals surface area contributed by atoms with Gasteiger partial charge in [0.1, 0.15) is 5.31 Å². The molecule has 0 heterocycles. The van der Waals surface area contributed by atoms with Crippen molar-refractivity contribution in [2.75, 3.05) is 0 Å². The van der Waals surface area contributed by atoms with Gasteiger partial charge in [0.25, 0.3) is 0 Å². The average molecular weight is 252 g/mol. The van der Waals surface area contributed by atoms with Crippen LogP contribution in [0.15, 0.2) is 35.2 Å². The van der Waals surface area contributed by atoms with Crippen LogP contribution in [0.1, 0.15) is 27.6 Å². The quantitative estimate of drug-likeness (QED) is 0.739. The zero-order valence-electron chi connectivity index (χ0n) is 8.88. The van der Waals surface area contributed by atoms with E-state index in [0.29, 0.717) is 0 Å². The third kappa shape index (κ3) is 1.78. The van der Waals surface area contributed by atoms with Gasteiger partial charge < -0.3 is 9.79 Å². The number of benzene rings is 1. The zero-order valence-corrected chi connectivity index (χ0v) is 9.77. The Bertz CT molecular complexity index is 608. The molecule has 1 aromatic carbocycles. The first-order valence-corrected chi connectivity index (χ1v) is 6.40. The van der Waals surface area contributed by atoms with Gasteiger partial charge in [0.15, 0.2) is 5.78 Å².